The van der Waals surface area contributed by atoms with Crippen LogP contribution >= 0.6 is 11.6 Å². The van der Waals surface area contributed by atoms with Gasteiger partial charge in [0.15, 0.2) is 0 Å². The third kappa shape index (κ3) is 3.99. The van der Waals surface area contributed by atoms with Crippen LogP contribution in [0.2, 0.25) is 5.02 Å². The lowest BCUT2D eigenvalue weighted by Crippen LogP contribution is -2.37. The first-order valence-electron chi connectivity index (χ1n) is 8.66. The van der Waals surface area contributed by atoms with Crippen LogP contribution in [0.15, 0.2) is 48.5 Å². The SMILES string of the molecule is CC(C)c1ccccc1NC(=O)CN1CCN(c2ccc(Cl)cc2)C1=O. The maximum absolute atomic E-state index is 12.6. The van der Waals surface area contributed by atoms with Crippen molar-refractivity contribution in [2.24, 2.45) is 0 Å². The van der Waals surface area contributed by atoms with Crippen LogP contribution in [0, 0.1) is 0 Å². The lowest BCUT2D eigenvalue weighted by Gasteiger charge is -2.19. The Hall–Kier alpha value is -2.53. The number of hydrogen-bond acceptors (Lipinski definition) is 2. The van der Waals surface area contributed by atoms with Crippen molar-refractivity contribution in [3.8, 4) is 0 Å². The summed E-state index contributed by atoms with van der Waals surface area (Å²) < 4.78 is 0. The number of benzene rings is 2. The average molecular weight is 372 g/mol. The Balaban J connectivity index is 1.64. The minimum Gasteiger partial charge on any atom is -0.324 e. The second-order valence-electron chi connectivity index (χ2n) is 6.62. The molecule has 1 heterocycles. The molecule has 0 saturated carbocycles. The molecule has 0 radical (unpaired) electrons. The van der Waals surface area contributed by atoms with Crippen molar-refractivity contribution in [1.29, 1.82) is 0 Å². The van der Waals surface area contributed by atoms with Gasteiger partial charge in [-0.15, -0.1) is 0 Å². The quantitative estimate of drug-likeness (QED) is 0.849. The maximum Gasteiger partial charge on any atom is 0.325 e. The van der Waals surface area contributed by atoms with Crippen LogP contribution < -0.4 is 10.2 Å². The van der Waals surface area contributed by atoms with Crippen LogP contribution in [0.25, 0.3) is 0 Å². The summed E-state index contributed by atoms with van der Waals surface area (Å²) in [7, 11) is 0. The molecule has 1 aliphatic rings. The van der Waals surface area contributed by atoms with Gasteiger partial charge in [0.25, 0.3) is 0 Å². The summed E-state index contributed by atoms with van der Waals surface area (Å²) in [6.45, 7) is 5.27. The van der Waals surface area contributed by atoms with Crippen LogP contribution in [0.3, 0.4) is 0 Å². The Labute approximate surface area is 158 Å². The number of rotatable bonds is 5. The van der Waals surface area contributed by atoms with E-state index in [9.17, 15) is 9.59 Å². The number of carbonyl (C=O) groups excluding carboxylic acids is 2. The third-order valence-electron chi connectivity index (χ3n) is 4.42. The minimum absolute atomic E-state index is 0.0371. The van der Waals surface area contributed by atoms with Crippen LogP contribution in [0.4, 0.5) is 16.2 Å². The number of anilines is 2. The first-order valence-corrected chi connectivity index (χ1v) is 9.04. The number of halogens is 1. The standard InChI is InChI=1S/C20H22ClN3O2/c1-14(2)17-5-3-4-6-18(17)22-19(25)13-23-11-12-24(20(23)26)16-9-7-15(21)8-10-16/h3-10,14H,11-13H2,1-2H3,(H,22,25). The molecular weight excluding hydrogens is 350 g/mol. The smallest absolute Gasteiger partial charge is 0.324 e. The minimum atomic E-state index is -0.190. The summed E-state index contributed by atoms with van der Waals surface area (Å²) in [5.74, 6) is 0.115. The van der Waals surface area contributed by atoms with E-state index in [4.69, 9.17) is 11.6 Å². The largest absolute Gasteiger partial charge is 0.325 e. The van der Waals surface area contributed by atoms with Gasteiger partial charge in [0.05, 0.1) is 0 Å². The average Bonchev–Trinajstić information content (AvgIpc) is 2.96. The Bertz CT molecular complexity index is 805. The van der Waals surface area contributed by atoms with Crippen molar-refractivity contribution in [2.45, 2.75) is 19.8 Å². The van der Waals surface area contributed by atoms with Gasteiger partial charge >= 0.3 is 6.03 Å². The molecule has 0 unspecified atom stereocenters. The van der Waals surface area contributed by atoms with Gasteiger partial charge in [0, 0.05) is 29.5 Å². The van der Waals surface area contributed by atoms with Gasteiger partial charge in [-0.3, -0.25) is 9.69 Å². The van der Waals surface area contributed by atoms with Gasteiger partial charge in [-0.25, -0.2) is 4.79 Å². The second-order valence-corrected chi connectivity index (χ2v) is 7.06. The monoisotopic (exact) mass is 371 g/mol. The molecule has 1 fully saturated rings. The second kappa shape index (κ2) is 7.79. The van der Waals surface area contributed by atoms with Crippen LogP contribution in [-0.2, 0) is 4.79 Å². The first-order chi connectivity index (χ1) is 12.5. The number of para-hydroxylation sites is 1. The van der Waals surface area contributed by atoms with E-state index in [1.165, 1.54) is 0 Å². The zero-order chi connectivity index (χ0) is 18.7. The maximum atomic E-state index is 12.6. The van der Waals surface area contributed by atoms with Gasteiger partial charge in [-0.05, 0) is 41.8 Å². The highest BCUT2D eigenvalue weighted by Gasteiger charge is 2.30. The fourth-order valence-electron chi connectivity index (χ4n) is 3.07. The predicted molar refractivity (Wildman–Crippen MR) is 105 cm³/mol. The first kappa shape index (κ1) is 18.3. The Morgan fingerprint density at radius 3 is 2.50 bits per heavy atom. The molecule has 1 saturated heterocycles. The Kier molecular flexibility index (Phi) is 5.47. The summed E-state index contributed by atoms with van der Waals surface area (Å²) in [6.07, 6.45) is 0. The molecule has 0 aromatic heterocycles. The van der Waals surface area contributed by atoms with E-state index in [0.29, 0.717) is 24.0 Å². The van der Waals surface area contributed by atoms with E-state index in [1.807, 2.05) is 36.4 Å². The zero-order valence-electron chi connectivity index (χ0n) is 14.9. The van der Waals surface area contributed by atoms with E-state index < -0.39 is 0 Å². The zero-order valence-corrected chi connectivity index (χ0v) is 15.7. The summed E-state index contributed by atoms with van der Waals surface area (Å²) in [6, 6.07) is 14.7. The fourth-order valence-corrected chi connectivity index (χ4v) is 3.19. The molecule has 5 nitrogen and oxygen atoms in total. The molecular formula is C20H22ClN3O2. The molecule has 1 N–H and O–H groups in total. The highest BCUT2D eigenvalue weighted by atomic mass is 35.5. The van der Waals surface area contributed by atoms with Crippen molar-refractivity contribution >= 4 is 34.9 Å². The third-order valence-corrected chi connectivity index (χ3v) is 4.68. The molecule has 0 aliphatic carbocycles. The molecule has 3 amide bonds. The molecule has 0 atom stereocenters. The van der Waals surface area contributed by atoms with Gasteiger partial charge < -0.3 is 10.2 Å². The van der Waals surface area contributed by atoms with Crippen molar-refractivity contribution in [3.05, 3.63) is 59.1 Å². The number of nitrogens with one attached hydrogen (secondary N) is 1. The van der Waals surface area contributed by atoms with Crippen molar-refractivity contribution < 1.29 is 9.59 Å². The van der Waals surface area contributed by atoms with Crippen LogP contribution in [0.5, 0.6) is 0 Å². The number of amides is 3. The van der Waals surface area contributed by atoms with Gasteiger partial charge in [0.1, 0.15) is 6.54 Å². The topological polar surface area (TPSA) is 52.7 Å². The Morgan fingerprint density at radius 2 is 1.81 bits per heavy atom. The summed E-state index contributed by atoms with van der Waals surface area (Å²) in [4.78, 5) is 28.2. The molecule has 26 heavy (non-hydrogen) atoms. The molecule has 3 rings (SSSR count). The fraction of sp³-hybridized carbons (Fsp3) is 0.300. The number of hydrogen-bond donors (Lipinski definition) is 1. The van der Waals surface area contributed by atoms with Crippen molar-refractivity contribution in [2.75, 3.05) is 29.9 Å². The van der Waals surface area contributed by atoms with E-state index >= 15 is 0 Å². The summed E-state index contributed by atoms with van der Waals surface area (Å²) in [5, 5.41) is 3.56. The van der Waals surface area contributed by atoms with Gasteiger partial charge in [-0.1, -0.05) is 43.6 Å². The lowest BCUT2D eigenvalue weighted by atomic mass is 10.0. The molecule has 1 aliphatic heterocycles. The molecule has 6 heteroatoms. The highest BCUT2D eigenvalue weighted by Crippen LogP contribution is 2.24. The van der Waals surface area contributed by atoms with E-state index in [1.54, 1.807) is 21.9 Å². The molecule has 2 aromatic rings. The van der Waals surface area contributed by atoms with Crippen LogP contribution in [0.1, 0.15) is 25.3 Å². The summed E-state index contributed by atoms with van der Waals surface area (Å²) >= 11 is 5.90. The van der Waals surface area contributed by atoms with E-state index in [2.05, 4.69) is 19.2 Å². The highest BCUT2D eigenvalue weighted by molar-refractivity contribution is 6.30. The van der Waals surface area contributed by atoms with Gasteiger partial charge in [0.2, 0.25) is 5.91 Å². The van der Waals surface area contributed by atoms with Crippen molar-refractivity contribution in [1.82, 2.24) is 4.90 Å². The lowest BCUT2D eigenvalue weighted by molar-refractivity contribution is -0.116. The van der Waals surface area contributed by atoms with Crippen molar-refractivity contribution in [3.63, 3.8) is 0 Å². The van der Waals surface area contributed by atoms with Crippen LogP contribution in [-0.4, -0.2) is 36.5 Å². The number of urea groups is 1. The summed E-state index contributed by atoms with van der Waals surface area (Å²) in [5.41, 5.74) is 2.66. The molecule has 0 bridgehead atoms. The number of nitrogens with zero attached hydrogens (tertiary/aromatic N) is 2. The Morgan fingerprint density at radius 1 is 1.12 bits per heavy atom. The molecule has 0 spiro atoms. The normalized spacial score (nSPS) is 14.2. The predicted octanol–water partition coefficient (Wildman–Crippen LogP) is 4.34. The molecule has 136 valence electrons. The number of carbonyl (C=O) groups is 2. The van der Waals surface area contributed by atoms with E-state index in [0.717, 1.165) is 16.9 Å². The van der Waals surface area contributed by atoms with Gasteiger partial charge in [-0.2, -0.15) is 0 Å². The molecule has 2 aromatic carbocycles. The van der Waals surface area contributed by atoms with E-state index in [-0.39, 0.29) is 18.5 Å².